The highest BCUT2D eigenvalue weighted by Crippen LogP contribution is 2.27. The van der Waals surface area contributed by atoms with Crippen molar-refractivity contribution in [3.8, 4) is 5.75 Å². The fourth-order valence-electron chi connectivity index (χ4n) is 2.17. The second-order valence-electron chi connectivity index (χ2n) is 5.32. The van der Waals surface area contributed by atoms with E-state index in [2.05, 4.69) is 15.4 Å². The highest BCUT2D eigenvalue weighted by atomic mass is 19.1. The molecule has 0 fully saturated rings. The van der Waals surface area contributed by atoms with E-state index in [1.54, 1.807) is 6.07 Å². The smallest absolute Gasteiger partial charge is 0.344 e. The molecule has 0 bridgehead atoms. The maximum atomic E-state index is 13.5. The van der Waals surface area contributed by atoms with E-state index in [1.807, 2.05) is 0 Å². The number of amides is 2. The fourth-order valence-corrected chi connectivity index (χ4v) is 2.17. The SMILES string of the molecule is COc1ccc(NC(C)=O)cc1NC(=O)COC(=O)c1c(F)cccc1F. The summed E-state index contributed by atoms with van der Waals surface area (Å²) in [5.41, 5.74) is -0.263. The van der Waals surface area contributed by atoms with Crippen molar-refractivity contribution in [1.82, 2.24) is 0 Å². The number of anilines is 2. The van der Waals surface area contributed by atoms with E-state index in [9.17, 15) is 23.2 Å². The molecule has 2 aromatic carbocycles. The van der Waals surface area contributed by atoms with Crippen LogP contribution in [0.5, 0.6) is 5.75 Å². The summed E-state index contributed by atoms with van der Waals surface area (Å²) in [7, 11) is 1.38. The molecular weight excluding hydrogens is 362 g/mol. The molecule has 0 aromatic heterocycles. The zero-order chi connectivity index (χ0) is 20.0. The van der Waals surface area contributed by atoms with Crippen molar-refractivity contribution in [2.75, 3.05) is 24.4 Å². The Morgan fingerprint density at radius 1 is 1.04 bits per heavy atom. The summed E-state index contributed by atoms with van der Waals surface area (Å²) in [6.07, 6.45) is 0. The summed E-state index contributed by atoms with van der Waals surface area (Å²) in [4.78, 5) is 34.9. The topological polar surface area (TPSA) is 93.7 Å². The Kier molecular flexibility index (Phi) is 6.42. The van der Waals surface area contributed by atoms with Gasteiger partial charge in [0.15, 0.2) is 6.61 Å². The van der Waals surface area contributed by atoms with Gasteiger partial charge in [0.2, 0.25) is 5.91 Å². The molecule has 142 valence electrons. The van der Waals surface area contributed by atoms with Crippen LogP contribution in [0.4, 0.5) is 20.2 Å². The molecule has 0 aliphatic heterocycles. The Bertz CT molecular complexity index is 866. The van der Waals surface area contributed by atoms with Crippen LogP contribution in [0, 0.1) is 11.6 Å². The van der Waals surface area contributed by atoms with Crippen LogP contribution < -0.4 is 15.4 Å². The minimum Gasteiger partial charge on any atom is -0.495 e. The second kappa shape index (κ2) is 8.75. The third kappa shape index (κ3) is 5.24. The van der Waals surface area contributed by atoms with Crippen molar-refractivity contribution in [2.24, 2.45) is 0 Å². The van der Waals surface area contributed by atoms with Gasteiger partial charge in [0, 0.05) is 12.6 Å². The van der Waals surface area contributed by atoms with Crippen LogP contribution in [0.1, 0.15) is 17.3 Å². The van der Waals surface area contributed by atoms with Crippen LogP contribution in [0.15, 0.2) is 36.4 Å². The lowest BCUT2D eigenvalue weighted by Gasteiger charge is -2.12. The zero-order valence-corrected chi connectivity index (χ0v) is 14.5. The molecular formula is C18H16F2N2O5. The standard InChI is InChI=1S/C18H16F2N2O5/c1-10(23)21-11-6-7-15(26-2)14(8-11)22-16(24)9-27-18(25)17-12(19)4-3-5-13(17)20/h3-8H,9H2,1-2H3,(H,21,23)(H,22,24). The first-order valence-corrected chi connectivity index (χ1v) is 7.68. The minimum atomic E-state index is -1.31. The third-order valence-corrected chi connectivity index (χ3v) is 3.30. The number of carbonyl (C=O) groups is 3. The van der Waals surface area contributed by atoms with Crippen molar-refractivity contribution in [1.29, 1.82) is 0 Å². The van der Waals surface area contributed by atoms with Gasteiger partial charge in [-0.05, 0) is 30.3 Å². The molecule has 0 spiro atoms. The Morgan fingerprint density at radius 3 is 2.30 bits per heavy atom. The third-order valence-electron chi connectivity index (χ3n) is 3.30. The highest BCUT2D eigenvalue weighted by molar-refractivity contribution is 5.97. The van der Waals surface area contributed by atoms with E-state index in [0.29, 0.717) is 11.4 Å². The first kappa shape index (κ1) is 19.8. The fraction of sp³-hybridized carbons (Fsp3) is 0.167. The molecule has 0 saturated carbocycles. The molecule has 0 radical (unpaired) electrons. The van der Waals surface area contributed by atoms with Crippen LogP contribution in [-0.2, 0) is 14.3 Å². The first-order chi connectivity index (χ1) is 12.8. The van der Waals surface area contributed by atoms with Crippen LogP contribution in [0.2, 0.25) is 0 Å². The van der Waals surface area contributed by atoms with Gasteiger partial charge in [0.05, 0.1) is 12.8 Å². The van der Waals surface area contributed by atoms with Crippen molar-refractivity contribution < 1.29 is 32.6 Å². The predicted octanol–water partition coefficient (Wildman–Crippen LogP) is 2.73. The van der Waals surface area contributed by atoms with Crippen molar-refractivity contribution in [3.63, 3.8) is 0 Å². The number of esters is 1. The van der Waals surface area contributed by atoms with Crippen LogP contribution in [0.3, 0.4) is 0 Å². The van der Waals surface area contributed by atoms with Gasteiger partial charge in [-0.2, -0.15) is 0 Å². The lowest BCUT2D eigenvalue weighted by atomic mass is 10.2. The number of rotatable bonds is 6. The van der Waals surface area contributed by atoms with E-state index in [-0.39, 0.29) is 11.6 Å². The molecule has 2 aromatic rings. The monoisotopic (exact) mass is 378 g/mol. The molecule has 2 N–H and O–H groups in total. The molecule has 0 atom stereocenters. The number of hydrogen-bond donors (Lipinski definition) is 2. The Morgan fingerprint density at radius 2 is 1.70 bits per heavy atom. The number of hydrogen-bond acceptors (Lipinski definition) is 5. The molecule has 27 heavy (non-hydrogen) atoms. The number of nitrogens with one attached hydrogen (secondary N) is 2. The Labute approximate surface area is 153 Å². The summed E-state index contributed by atoms with van der Waals surface area (Å²) < 4.78 is 36.8. The summed E-state index contributed by atoms with van der Waals surface area (Å²) in [6, 6.07) is 7.42. The van der Waals surface area contributed by atoms with Crippen molar-refractivity contribution >= 4 is 29.2 Å². The van der Waals surface area contributed by atoms with Gasteiger partial charge >= 0.3 is 5.97 Å². The highest BCUT2D eigenvalue weighted by Gasteiger charge is 2.20. The molecule has 2 rings (SSSR count). The van der Waals surface area contributed by atoms with Crippen molar-refractivity contribution in [2.45, 2.75) is 6.92 Å². The number of methoxy groups -OCH3 is 1. The van der Waals surface area contributed by atoms with Gasteiger partial charge < -0.3 is 20.1 Å². The molecule has 2 amide bonds. The summed E-state index contributed by atoms with van der Waals surface area (Å²) in [5, 5.41) is 4.97. The van der Waals surface area contributed by atoms with Gasteiger partial charge in [-0.1, -0.05) is 6.07 Å². The Hall–Kier alpha value is -3.49. The summed E-state index contributed by atoms with van der Waals surface area (Å²) in [6.45, 7) is 0.546. The number of ether oxygens (including phenoxy) is 2. The summed E-state index contributed by atoms with van der Waals surface area (Å²) in [5.74, 6) is -4.27. The number of halogens is 2. The van der Waals surface area contributed by atoms with Gasteiger partial charge in [-0.15, -0.1) is 0 Å². The molecule has 9 heteroatoms. The van der Waals surface area contributed by atoms with Crippen LogP contribution >= 0.6 is 0 Å². The van der Waals surface area contributed by atoms with Crippen LogP contribution in [0.25, 0.3) is 0 Å². The second-order valence-corrected chi connectivity index (χ2v) is 5.32. The lowest BCUT2D eigenvalue weighted by molar-refractivity contribution is -0.119. The minimum absolute atomic E-state index is 0.210. The van der Waals surface area contributed by atoms with Crippen molar-refractivity contribution in [3.05, 3.63) is 53.6 Å². The van der Waals surface area contributed by atoms with E-state index in [4.69, 9.17) is 4.74 Å². The molecule has 0 saturated heterocycles. The van der Waals surface area contributed by atoms with Gasteiger partial charge in [0.1, 0.15) is 22.9 Å². The predicted molar refractivity (Wildman–Crippen MR) is 92.6 cm³/mol. The van der Waals surface area contributed by atoms with E-state index in [1.165, 1.54) is 26.2 Å². The quantitative estimate of drug-likeness (QED) is 0.754. The largest absolute Gasteiger partial charge is 0.495 e. The van der Waals surface area contributed by atoms with Gasteiger partial charge in [-0.25, -0.2) is 13.6 Å². The van der Waals surface area contributed by atoms with E-state index < -0.39 is 35.7 Å². The molecule has 0 heterocycles. The maximum absolute atomic E-state index is 13.5. The molecule has 7 nitrogen and oxygen atoms in total. The zero-order valence-electron chi connectivity index (χ0n) is 14.5. The van der Waals surface area contributed by atoms with E-state index in [0.717, 1.165) is 18.2 Å². The molecule has 0 aliphatic carbocycles. The first-order valence-electron chi connectivity index (χ1n) is 7.68. The van der Waals surface area contributed by atoms with Gasteiger partial charge in [-0.3, -0.25) is 9.59 Å². The summed E-state index contributed by atoms with van der Waals surface area (Å²) >= 11 is 0. The Balaban J connectivity index is 2.05. The average Bonchev–Trinajstić information content (AvgIpc) is 2.59. The number of benzene rings is 2. The number of carbonyl (C=O) groups excluding carboxylic acids is 3. The molecule has 0 unspecified atom stereocenters. The lowest BCUT2D eigenvalue weighted by Crippen LogP contribution is -2.22. The average molecular weight is 378 g/mol. The normalized spacial score (nSPS) is 10.1. The van der Waals surface area contributed by atoms with Gasteiger partial charge in [0.25, 0.3) is 5.91 Å². The molecule has 0 aliphatic rings. The maximum Gasteiger partial charge on any atom is 0.344 e. The van der Waals surface area contributed by atoms with E-state index >= 15 is 0 Å². The van der Waals surface area contributed by atoms with Crippen LogP contribution in [-0.4, -0.2) is 31.5 Å².